The summed E-state index contributed by atoms with van der Waals surface area (Å²) in [6.07, 6.45) is 3.81. The maximum Gasteiger partial charge on any atom is 0.251 e. The zero-order valence-corrected chi connectivity index (χ0v) is 18.0. The summed E-state index contributed by atoms with van der Waals surface area (Å²) in [6.45, 7) is 1.98. The van der Waals surface area contributed by atoms with E-state index in [1.54, 1.807) is 24.3 Å². The number of carbonyl (C=O) groups excluding carboxylic acids is 1. The third kappa shape index (κ3) is 5.97. The van der Waals surface area contributed by atoms with E-state index in [9.17, 15) is 4.79 Å². The molecule has 0 saturated heterocycles. The number of carbonyl (C=O) groups is 1. The van der Waals surface area contributed by atoms with Crippen LogP contribution in [0.15, 0.2) is 30.3 Å². The number of nitrogens with zero attached hydrogens (tertiary/aromatic N) is 3. The fourth-order valence-electron chi connectivity index (χ4n) is 3.28. The quantitative estimate of drug-likeness (QED) is 0.757. The first-order valence-corrected chi connectivity index (χ1v) is 9.64. The van der Waals surface area contributed by atoms with Crippen LogP contribution < -0.4 is 15.5 Å². The van der Waals surface area contributed by atoms with Crippen LogP contribution in [0.1, 0.15) is 41.7 Å². The van der Waals surface area contributed by atoms with Crippen LogP contribution in [0, 0.1) is 6.92 Å². The predicted molar refractivity (Wildman–Crippen MR) is 117 cm³/mol. The Morgan fingerprint density at radius 3 is 2.29 bits per heavy atom. The molecule has 1 aromatic carbocycles. The molecular formula is C20H27Cl2N5O. The van der Waals surface area contributed by atoms with Gasteiger partial charge < -0.3 is 15.5 Å². The molecule has 3 rings (SSSR count). The number of aryl methyl sites for hydroxylation is 1. The molecule has 152 valence electrons. The van der Waals surface area contributed by atoms with Crippen LogP contribution in [0.25, 0.3) is 0 Å². The van der Waals surface area contributed by atoms with Gasteiger partial charge in [-0.3, -0.25) is 4.79 Å². The van der Waals surface area contributed by atoms with Crippen molar-refractivity contribution >= 4 is 41.7 Å². The molecule has 0 aliphatic heterocycles. The molecule has 6 nitrogen and oxygen atoms in total. The first-order valence-electron chi connectivity index (χ1n) is 9.26. The normalized spacial score (nSPS) is 18.7. The molecule has 28 heavy (non-hydrogen) atoms. The minimum absolute atomic E-state index is 0. The van der Waals surface area contributed by atoms with Gasteiger partial charge in [-0.2, -0.15) is 4.98 Å². The van der Waals surface area contributed by atoms with E-state index in [-0.39, 0.29) is 24.4 Å². The lowest BCUT2D eigenvalue weighted by Gasteiger charge is -2.30. The first-order chi connectivity index (χ1) is 12.9. The molecule has 1 aliphatic rings. The summed E-state index contributed by atoms with van der Waals surface area (Å²) in [5.41, 5.74) is 1.59. The second-order valence-electron chi connectivity index (χ2n) is 7.26. The SMILES string of the molecule is Cc1cc(N(C)C)nc(NC2CCC(NC(=O)c3ccc(Cl)cc3)CC2)n1.Cl. The number of aromatic nitrogens is 2. The molecule has 2 N–H and O–H groups in total. The summed E-state index contributed by atoms with van der Waals surface area (Å²) in [7, 11) is 3.94. The second-order valence-corrected chi connectivity index (χ2v) is 7.70. The van der Waals surface area contributed by atoms with Crippen LogP contribution in [0.2, 0.25) is 5.02 Å². The van der Waals surface area contributed by atoms with E-state index >= 15 is 0 Å². The van der Waals surface area contributed by atoms with Gasteiger partial charge in [0.05, 0.1) is 0 Å². The molecule has 1 heterocycles. The molecule has 1 aromatic heterocycles. The molecule has 0 atom stereocenters. The molecule has 0 unspecified atom stereocenters. The van der Waals surface area contributed by atoms with Crippen molar-refractivity contribution in [3.8, 4) is 0 Å². The topological polar surface area (TPSA) is 70.2 Å². The number of amides is 1. The lowest BCUT2D eigenvalue weighted by atomic mass is 9.91. The summed E-state index contributed by atoms with van der Waals surface area (Å²) in [5, 5.41) is 7.21. The van der Waals surface area contributed by atoms with Crippen LogP contribution in [0.5, 0.6) is 0 Å². The van der Waals surface area contributed by atoms with Crippen LogP contribution >= 0.6 is 24.0 Å². The molecule has 1 saturated carbocycles. The van der Waals surface area contributed by atoms with Crippen molar-refractivity contribution in [1.82, 2.24) is 15.3 Å². The van der Waals surface area contributed by atoms with Crippen molar-refractivity contribution in [2.45, 2.75) is 44.7 Å². The highest BCUT2D eigenvalue weighted by atomic mass is 35.5. The minimum Gasteiger partial charge on any atom is -0.363 e. The Labute approximate surface area is 177 Å². The van der Waals surface area contributed by atoms with Gasteiger partial charge in [0.2, 0.25) is 5.95 Å². The van der Waals surface area contributed by atoms with E-state index in [0.29, 0.717) is 22.6 Å². The third-order valence-corrected chi connectivity index (χ3v) is 5.05. The van der Waals surface area contributed by atoms with Gasteiger partial charge >= 0.3 is 0 Å². The van der Waals surface area contributed by atoms with Gasteiger partial charge in [-0.1, -0.05) is 11.6 Å². The van der Waals surface area contributed by atoms with Gasteiger partial charge in [0.25, 0.3) is 5.91 Å². The molecule has 1 amide bonds. The second kappa shape index (κ2) is 9.94. The summed E-state index contributed by atoms with van der Waals surface area (Å²) in [4.78, 5) is 23.4. The Hall–Kier alpha value is -2.05. The van der Waals surface area contributed by atoms with Crippen molar-refractivity contribution in [2.24, 2.45) is 0 Å². The largest absolute Gasteiger partial charge is 0.363 e. The number of benzene rings is 1. The third-order valence-electron chi connectivity index (χ3n) is 4.80. The average molecular weight is 424 g/mol. The van der Waals surface area contributed by atoms with Gasteiger partial charge in [-0.05, 0) is 56.9 Å². The molecular weight excluding hydrogens is 397 g/mol. The molecule has 0 bridgehead atoms. The van der Waals surface area contributed by atoms with E-state index in [4.69, 9.17) is 11.6 Å². The zero-order valence-electron chi connectivity index (χ0n) is 16.4. The standard InChI is InChI=1S/C20H26ClN5O.ClH/c1-13-12-18(26(2)3)25-20(22-13)24-17-10-8-16(9-11-17)23-19(27)14-4-6-15(21)7-5-14;/h4-7,12,16-17H,8-11H2,1-3H3,(H,23,27)(H,22,24,25);1H. The Kier molecular flexibility index (Phi) is 7.89. The van der Waals surface area contributed by atoms with Crippen molar-refractivity contribution < 1.29 is 4.79 Å². The lowest BCUT2D eigenvalue weighted by Crippen LogP contribution is -2.40. The van der Waals surface area contributed by atoms with Crippen molar-refractivity contribution in [1.29, 1.82) is 0 Å². The van der Waals surface area contributed by atoms with Gasteiger partial charge in [0, 0.05) is 48.5 Å². The molecule has 1 aliphatic carbocycles. The maximum absolute atomic E-state index is 12.3. The Bertz CT molecular complexity index is 790. The highest BCUT2D eigenvalue weighted by molar-refractivity contribution is 6.30. The molecule has 1 fully saturated rings. The summed E-state index contributed by atoms with van der Waals surface area (Å²) in [5.74, 6) is 1.53. The number of hydrogen-bond acceptors (Lipinski definition) is 5. The fraction of sp³-hybridized carbons (Fsp3) is 0.450. The zero-order chi connectivity index (χ0) is 19.4. The highest BCUT2D eigenvalue weighted by Crippen LogP contribution is 2.22. The Balaban J connectivity index is 0.00000280. The predicted octanol–water partition coefficient (Wildman–Crippen LogP) is 4.08. The number of anilines is 2. The van der Waals surface area contributed by atoms with Gasteiger partial charge in [0.1, 0.15) is 5.82 Å². The number of halogens is 2. The molecule has 0 radical (unpaired) electrons. The van der Waals surface area contributed by atoms with E-state index < -0.39 is 0 Å². The maximum atomic E-state index is 12.3. The van der Waals surface area contributed by atoms with Crippen LogP contribution in [-0.2, 0) is 0 Å². The van der Waals surface area contributed by atoms with Gasteiger partial charge in [0.15, 0.2) is 0 Å². The van der Waals surface area contributed by atoms with Crippen molar-refractivity contribution in [3.05, 3.63) is 46.6 Å². The van der Waals surface area contributed by atoms with Gasteiger partial charge in [-0.15, -0.1) is 12.4 Å². The van der Waals surface area contributed by atoms with Gasteiger partial charge in [-0.25, -0.2) is 4.98 Å². The number of rotatable bonds is 5. The number of hydrogen-bond donors (Lipinski definition) is 2. The molecule has 8 heteroatoms. The first kappa shape index (κ1) is 22.2. The van der Waals surface area contributed by atoms with Crippen molar-refractivity contribution in [3.63, 3.8) is 0 Å². The van der Waals surface area contributed by atoms with E-state index in [2.05, 4.69) is 20.6 Å². The summed E-state index contributed by atoms with van der Waals surface area (Å²) < 4.78 is 0. The minimum atomic E-state index is -0.0410. The average Bonchev–Trinajstić information content (AvgIpc) is 2.63. The monoisotopic (exact) mass is 423 g/mol. The van der Waals surface area contributed by atoms with Crippen LogP contribution in [-0.4, -0.2) is 42.1 Å². The number of nitrogens with one attached hydrogen (secondary N) is 2. The van der Waals surface area contributed by atoms with E-state index in [1.165, 1.54) is 0 Å². The Morgan fingerprint density at radius 1 is 1.07 bits per heavy atom. The van der Waals surface area contributed by atoms with E-state index in [0.717, 1.165) is 37.2 Å². The summed E-state index contributed by atoms with van der Waals surface area (Å²) >= 11 is 5.88. The molecule has 0 spiro atoms. The summed E-state index contributed by atoms with van der Waals surface area (Å²) in [6, 6.07) is 9.47. The van der Waals surface area contributed by atoms with E-state index in [1.807, 2.05) is 32.0 Å². The Morgan fingerprint density at radius 2 is 1.68 bits per heavy atom. The molecule has 2 aromatic rings. The smallest absolute Gasteiger partial charge is 0.251 e. The lowest BCUT2D eigenvalue weighted by molar-refractivity contribution is 0.0926. The highest BCUT2D eigenvalue weighted by Gasteiger charge is 2.23. The van der Waals surface area contributed by atoms with Crippen molar-refractivity contribution in [2.75, 3.05) is 24.3 Å². The van der Waals surface area contributed by atoms with Crippen LogP contribution in [0.4, 0.5) is 11.8 Å². The fourth-order valence-corrected chi connectivity index (χ4v) is 3.41. The van der Waals surface area contributed by atoms with Crippen LogP contribution in [0.3, 0.4) is 0 Å².